The SMILES string of the molecule is CCOc1cc(-c2cc(=O)n(CCC(C)(C(=O)NO)S(C)(=O)=O)cc2F)ccn1. The second kappa shape index (κ2) is 8.70. The maximum atomic E-state index is 14.7. The second-order valence-corrected chi connectivity index (χ2v) is 9.02. The smallest absolute Gasteiger partial charge is 0.264 e. The lowest BCUT2D eigenvalue weighted by molar-refractivity contribution is -0.131. The Bertz CT molecular complexity index is 1070. The van der Waals surface area contributed by atoms with Crippen LogP contribution in [0.25, 0.3) is 11.1 Å². The molecule has 9 nitrogen and oxygen atoms in total. The Hall–Kier alpha value is -2.79. The highest BCUT2D eigenvalue weighted by molar-refractivity contribution is 7.92. The van der Waals surface area contributed by atoms with E-state index in [1.807, 2.05) is 0 Å². The molecule has 0 fully saturated rings. The summed E-state index contributed by atoms with van der Waals surface area (Å²) in [6.45, 7) is 3.02. The molecule has 1 amide bonds. The third-order valence-electron chi connectivity index (χ3n) is 4.65. The van der Waals surface area contributed by atoms with E-state index in [-0.39, 0.29) is 24.4 Å². The monoisotopic (exact) mass is 427 g/mol. The number of hydrogen-bond donors (Lipinski definition) is 2. The molecule has 2 aromatic rings. The number of aryl methyl sites for hydroxylation is 1. The maximum Gasteiger partial charge on any atom is 0.264 e. The Labute approximate surface area is 167 Å². The first-order valence-corrected chi connectivity index (χ1v) is 10.6. The molecule has 2 rings (SSSR count). The molecule has 0 aliphatic heterocycles. The van der Waals surface area contributed by atoms with Crippen LogP contribution in [0.4, 0.5) is 4.39 Å². The first-order chi connectivity index (χ1) is 13.5. The van der Waals surface area contributed by atoms with E-state index in [4.69, 9.17) is 9.94 Å². The minimum atomic E-state index is -3.93. The summed E-state index contributed by atoms with van der Waals surface area (Å²) in [6.07, 6.45) is 2.86. The molecule has 0 saturated heterocycles. The van der Waals surface area contributed by atoms with Gasteiger partial charge in [0.25, 0.3) is 11.5 Å². The van der Waals surface area contributed by atoms with Gasteiger partial charge in [-0.2, -0.15) is 0 Å². The lowest BCUT2D eigenvalue weighted by atomic mass is 10.1. The highest BCUT2D eigenvalue weighted by Gasteiger charge is 2.43. The molecular formula is C18H22FN3O6S. The van der Waals surface area contributed by atoms with Crippen molar-refractivity contribution >= 4 is 15.7 Å². The maximum absolute atomic E-state index is 14.7. The number of hydroxylamine groups is 1. The summed E-state index contributed by atoms with van der Waals surface area (Å²) in [4.78, 5) is 28.3. The minimum absolute atomic E-state index is 0.0357. The van der Waals surface area contributed by atoms with Crippen LogP contribution < -0.4 is 15.8 Å². The zero-order chi connectivity index (χ0) is 21.8. The Morgan fingerprint density at radius 3 is 2.69 bits per heavy atom. The fourth-order valence-corrected chi connectivity index (χ4v) is 3.51. The molecule has 0 aliphatic carbocycles. The van der Waals surface area contributed by atoms with Crippen LogP contribution in [0.3, 0.4) is 0 Å². The van der Waals surface area contributed by atoms with E-state index in [1.54, 1.807) is 6.92 Å². The summed E-state index contributed by atoms with van der Waals surface area (Å²) >= 11 is 0. The topological polar surface area (TPSA) is 128 Å². The normalized spacial score (nSPS) is 13.6. The number of rotatable bonds is 8. The third-order valence-corrected chi connectivity index (χ3v) is 6.67. The van der Waals surface area contributed by atoms with Crippen LogP contribution in [0, 0.1) is 5.82 Å². The summed E-state index contributed by atoms with van der Waals surface area (Å²) < 4.78 is 42.9. The van der Waals surface area contributed by atoms with Gasteiger partial charge in [0.1, 0.15) is 5.82 Å². The number of sulfone groups is 1. The van der Waals surface area contributed by atoms with E-state index in [1.165, 1.54) is 23.8 Å². The average molecular weight is 427 g/mol. The molecule has 0 aliphatic rings. The molecule has 0 radical (unpaired) electrons. The minimum Gasteiger partial charge on any atom is -0.478 e. The van der Waals surface area contributed by atoms with Crippen molar-refractivity contribution in [2.45, 2.75) is 31.6 Å². The lowest BCUT2D eigenvalue weighted by Crippen LogP contribution is -2.50. The van der Waals surface area contributed by atoms with Gasteiger partial charge in [-0.15, -0.1) is 0 Å². The van der Waals surface area contributed by atoms with Gasteiger partial charge >= 0.3 is 0 Å². The molecule has 0 bridgehead atoms. The Balaban J connectivity index is 2.36. The van der Waals surface area contributed by atoms with Crippen LogP contribution in [0.15, 0.2) is 35.4 Å². The van der Waals surface area contributed by atoms with Crippen molar-refractivity contribution in [3.63, 3.8) is 0 Å². The van der Waals surface area contributed by atoms with Crippen molar-refractivity contribution in [2.75, 3.05) is 12.9 Å². The number of carbonyl (C=O) groups is 1. The summed E-state index contributed by atoms with van der Waals surface area (Å²) in [5, 5.41) is 8.84. The van der Waals surface area contributed by atoms with Crippen LogP contribution in [0.1, 0.15) is 20.3 Å². The van der Waals surface area contributed by atoms with E-state index in [0.717, 1.165) is 30.0 Å². The summed E-state index contributed by atoms with van der Waals surface area (Å²) in [6, 6.07) is 4.10. The van der Waals surface area contributed by atoms with Gasteiger partial charge < -0.3 is 9.30 Å². The molecule has 2 N–H and O–H groups in total. The molecule has 2 aromatic heterocycles. The van der Waals surface area contributed by atoms with Crippen molar-refractivity contribution in [1.82, 2.24) is 15.0 Å². The highest BCUT2D eigenvalue weighted by Crippen LogP contribution is 2.25. The van der Waals surface area contributed by atoms with Crippen LogP contribution in [0.5, 0.6) is 5.88 Å². The second-order valence-electron chi connectivity index (χ2n) is 6.58. The number of pyridine rings is 2. The third kappa shape index (κ3) is 4.80. The molecule has 0 saturated carbocycles. The molecule has 158 valence electrons. The summed E-state index contributed by atoms with van der Waals surface area (Å²) in [5.41, 5.74) is 1.17. The van der Waals surface area contributed by atoms with E-state index >= 15 is 0 Å². The number of ether oxygens (including phenoxy) is 1. The van der Waals surface area contributed by atoms with E-state index < -0.39 is 31.9 Å². The fraction of sp³-hybridized carbons (Fsp3) is 0.389. The predicted octanol–water partition coefficient (Wildman–Crippen LogP) is 1.15. The van der Waals surface area contributed by atoms with Crippen molar-refractivity contribution in [3.8, 4) is 17.0 Å². The molecule has 1 atom stereocenters. The van der Waals surface area contributed by atoms with E-state index in [0.29, 0.717) is 12.2 Å². The lowest BCUT2D eigenvalue weighted by Gasteiger charge is -2.25. The Morgan fingerprint density at radius 1 is 1.41 bits per heavy atom. The number of carbonyl (C=O) groups excluding carboxylic acids is 1. The molecule has 0 spiro atoms. The van der Waals surface area contributed by atoms with Crippen molar-refractivity contribution < 1.29 is 27.5 Å². The largest absolute Gasteiger partial charge is 0.478 e. The Kier molecular flexibility index (Phi) is 6.75. The van der Waals surface area contributed by atoms with Crippen LogP contribution >= 0.6 is 0 Å². The summed E-state index contributed by atoms with van der Waals surface area (Å²) in [5.74, 6) is -1.57. The van der Waals surface area contributed by atoms with E-state index in [2.05, 4.69) is 4.98 Å². The number of hydrogen-bond acceptors (Lipinski definition) is 7. The average Bonchev–Trinajstić information content (AvgIpc) is 2.67. The number of nitrogens with one attached hydrogen (secondary N) is 1. The van der Waals surface area contributed by atoms with Crippen molar-refractivity contribution in [3.05, 3.63) is 46.8 Å². The standard InChI is InChI=1S/C18H22FN3O6S/c1-4-28-15-9-12(5-7-20-15)13-10-16(23)22(11-14(13)19)8-6-18(2,17(24)21-25)29(3,26)27/h5,7,9-11,25H,4,6,8H2,1-3H3,(H,21,24). The quantitative estimate of drug-likeness (QED) is 0.478. The van der Waals surface area contributed by atoms with Gasteiger partial charge in [-0.05, 0) is 31.9 Å². The molecule has 1 unspecified atom stereocenters. The molecule has 29 heavy (non-hydrogen) atoms. The van der Waals surface area contributed by atoms with Gasteiger partial charge in [0.05, 0.1) is 6.61 Å². The first-order valence-electron chi connectivity index (χ1n) is 8.67. The number of amides is 1. The fourth-order valence-electron chi connectivity index (χ4n) is 2.66. The van der Waals surface area contributed by atoms with Gasteiger partial charge in [0, 0.05) is 42.9 Å². The summed E-state index contributed by atoms with van der Waals surface area (Å²) in [7, 11) is -3.93. The molecular weight excluding hydrogens is 405 g/mol. The molecule has 2 heterocycles. The van der Waals surface area contributed by atoms with Gasteiger partial charge in [0.15, 0.2) is 14.6 Å². The van der Waals surface area contributed by atoms with Crippen LogP contribution in [-0.2, 0) is 21.2 Å². The molecule has 11 heteroatoms. The first kappa shape index (κ1) is 22.5. The number of nitrogens with zero attached hydrogens (tertiary/aromatic N) is 2. The van der Waals surface area contributed by atoms with Gasteiger partial charge in [-0.25, -0.2) is 23.3 Å². The van der Waals surface area contributed by atoms with E-state index in [9.17, 15) is 22.4 Å². The number of halogens is 1. The molecule has 0 aromatic carbocycles. The Morgan fingerprint density at radius 2 is 2.10 bits per heavy atom. The van der Waals surface area contributed by atoms with Crippen molar-refractivity contribution in [1.29, 1.82) is 0 Å². The van der Waals surface area contributed by atoms with Gasteiger partial charge in [-0.1, -0.05) is 0 Å². The van der Waals surface area contributed by atoms with Crippen LogP contribution in [0.2, 0.25) is 0 Å². The number of aromatic nitrogens is 2. The van der Waals surface area contributed by atoms with Crippen molar-refractivity contribution in [2.24, 2.45) is 0 Å². The van der Waals surface area contributed by atoms with Gasteiger partial charge in [0.2, 0.25) is 5.88 Å². The van der Waals surface area contributed by atoms with Gasteiger partial charge in [-0.3, -0.25) is 14.8 Å². The zero-order valence-electron chi connectivity index (χ0n) is 16.2. The van der Waals surface area contributed by atoms with Crippen LogP contribution in [-0.4, -0.2) is 46.7 Å². The zero-order valence-corrected chi connectivity index (χ0v) is 17.0. The predicted molar refractivity (Wildman–Crippen MR) is 103 cm³/mol. The highest BCUT2D eigenvalue weighted by atomic mass is 32.2.